The number of para-hydroxylation sites is 1. The van der Waals surface area contributed by atoms with Gasteiger partial charge in [-0.1, -0.05) is 6.07 Å². The van der Waals surface area contributed by atoms with Crippen LogP contribution < -0.4 is 10.1 Å². The largest absolute Gasteiger partial charge is 0.462 e. The van der Waals surface area contributed by atoms with Gasteiger partial charge < -0.3 is 14.8 Å². The zero-order valence-electron chi connectivity index (χ0n) is 15.3. The van der Waals surface area contributed by atoms with Crippen LogP contribution in [0, 0.1) is 0 Å². The summed E-state index contributed by atoms with van der Waals surface area (Å²) in [7, 11) is 0. The van der Waals surface area contributed by atoms with Crippen LogP contribution in [-0.2, 0) is 9.53 Å². The first kappa shape index (κ1) is 19.0. The molecule has 7 heteroatoms. The Hall–Kier alpha value is -3.74. The highest BCUT2D eigenvalue weighted by Gasteiger charge is 2.33. The molecule has 2 aromatic rings. The van der Waals surface area contributed by atoms with Crippen molar-refractivity contribution in [2.45, 2.75) is 13.8 Å². The molecule has 0 unspecified atom stereocenters. The molecule has 0 saturated heterocycles. The van der Waals surface area contributed by atoms with E-state index in [1.807, 2.05) is 0 Å². The predicted molar refractivity (Wildman–Crippen MR) is 101 cm³/mol. The van der Waals surface area contributed by atoms with Crippen LogP contribution in [-0.4, -0.2) is 30.1 Å². The van der Waals surface area contributed by atoms with Gasteiger partial charge in [-0.15, -0.1) is 0 Å². The molecule has 142 valence electrons. The second-order valence-electron chi connectivity index (χ2n) is 5.96. The summed E-state index contributed by atoms with van der Waals surface area (Å²) in [5.74, 6) is -2.13. The summed E-state index contributed by atoms with van der Waals surface area (Å²) in [6.07, 6.45) is 1.24. The highest BCUT2D eigenvalue weighted by Crippen LogP contribution is 2.31. The van der Waals surface area contributed by atoms with Crippen molar-refractivity contribution < 1.29 is 28.7 Å². The summed E-state index contributed by atoms with van der Waals surface area (Å²) in [5, 5.41) is 2.84. The lowest BCUT2D eigenvalue weighted by atomic mass is 9.96. The number of esters is 2. The number of Topliss-reactive ketones (excluding diaryl/α,β-unsaturated/α-hetero) is 2. The maximum atomic E-state index is 12.7. The fourth-order valence-electron chi connectivity index (χ4n) is 2.69. The van der Waals surface area contributed by atoms with Crippen LogP contribution in [0.5, 0.6) is 5.75 Å². The summed E-state index contributed by atoms with van der Waals surface area (Å²) < 4.78 is 10.1. The molecular formula is C21H17NO6. The Balaban J connectivity index is 1.83. The van der Waals surface area contributed by atoms with Gasteiger partial charge in [0.25, 0.3) is 0 Å². The molecule has 28 heavy (non-hydrogen) atoms. The van der Waals surface area contributed by atoms with Gasteiger partial charge >= 0.3 is 11.9 Å². The van der Waals surface area contributed by atoms with Crippen LogP contribution in [0.25, 0.3) is 0 Å². The molecule has 0 spiro atoms. The average molecular weight is 379 g/mol. The number of ether oxygens (including phenoxy) is 2. The Kier molecular flexibility index (Phi) is 5.35. The Labute approximate surface area is 161 Å². The van der Waals surface area contributed by atoms with Crippen molar-refractivity contribution in [3.05, 3.63) is 70.9 Å². The van der Waals surface area contributed by atoms with E-state index in [1.165, 1.54) is 25.3 Å². The van der Waals surface area contributed by atoms with Gasteiger partial charge in [-0.2, -0.15) is 0 Å². The lowest BCUT2D eigenvalue weighted by molar-refractivity contribution is -0.130. The number of ketones is 2. The third-order valence-electron chi connectivity index (χ3n) is 4.08. The number of carbonyl (C=O) groups excluding carboxylic acids is 4. The molecule has 0 atom stereocenters. The topological polar surface area (TPSA) is 98.8 Å². The molecule has 2 aromatic carbocycles. The minimum absolute atomic E-state index is 0.0130. The monoisotopic (exact) mass is 379 g/mol. The molecule has 0 radical (unpaired) electrons. The highest BCUT2D eigenvalue weighted by molar-refractivity contribution is 6.28. The summed E-state index contributed by atoms with van der Waals surface area (Å²) in [6, 6.07) is 10.9. The molecule has 0 amide bonds. The quantitative estimate of drug-likeness (QED) is 0.280. The number of rotatable bonds is 5. The number of anilines is 1. The second-order valence-corrected chi connectivity index (χ2v) is 5.96. The Bertz CT molecular complexity index is 1000. The molecule has 0 bridgehead atoms. The van der Waals surface area contributed by atoms with E-state index in [0.29, 0.717) is 11.3 Å². The van der Waals surface area contributed by atoms with E-state index in [2.05, 4.69) is 5.32 Å². The molecule has 1 aliphatic rings. The van der Waals surface area contributed by atoms with Crippen molar-refractivity contribution in [3.8, 4) is 5.75 Å². The van der Waals surface area contributed by atoms with Crippen molar-refractivity contribution >= 4 is 29.2 Å². The number of fused-ring (bicyclic) bond motifs is 1. The van der Waals surface area contributed by atoms with Crippen LogP contribution in [0.4, 0.5) is 5.69 Å². The normalized spacial score (nSPS) is 14.3. The van der Waals surface area contributed by atoms with Crippen molar-refractivity contribution in [2.75, 3.05) is 11.9 Å². The van der Waals surface area contributed by atoms with Gasteiger partial charge in [0.15, 0.2) is 11.5 Å². The van der Waals surface area contributed by atoms with Gasteiger partial charge in [0.2, 0.25) is 5.78 Å². The SMILES string of the molecule is CCOC(=O)c1ccc(NC=C2C(=O)Oc3c(C(C)=O)cccc3C2=O)cc1. The zero-order valence-corrected chi connectivity index (χ0v) is 15.3. The lowest BCUT2D eigenvalue weighted by Crippen LogP contribution is -2.27. The Morgan fingerprint density at radius 1 is 1.11 bits per heavy atom. The van der Waals surface area contributed by atoms with Gasteiger partial charge in [-0.05, 0) is 50.2 Å². The van der Waals surface area contributed by atoms with Gasteiger partial charge in [0.05, 0.1) is 23.3 Å². The number of carbonyl (C=O) groups is 4. The average Bonchev–Trinajstić information content (AvgIpc) is 2.68. The number of hydrogen-bond donors (Lipinski definition) is 1. The summed E-state index contributed by atoms with van der Waals surface area (Å²) in [6.45, 7) is 3.33. The zero-order chi connectivity index (χ0) is 20.3. The number of hydrogen-bond acceptors (Lipinski definition) is 7. The highest BCUT2D eigenvalue weighted by atomic mass is 16.5. The molecule has 3 rings (SSSR count). The van der Waals surface area contributed by atoms with Crippen molar-refractivity contribution in [3.63, 3.8) is 0 Å². The molecule has 0 aromatic heterocycles. The van der Waals surface area contributed by atoms with E-state index in [0.717, 1.165) is 0 Å². The molecule has 7 nitrogen and oxygen atoms in total. The van der Waals surface area contributed by atoms with Gasteiger partial charge in [0, 0.05) is 11.9 Å². The van der Waals surface area contributed by atoms with E-state index in [4.69, 9.17) is 9.47 Å². The van der Waals surface area contributed by atoms with Gasteiger partial charge in [-0.3, -0.25) is 9.59 Å². The molecule has 1 aliphatic heterocycles. The predicted octanol–water partition coefficient (Wildman–Crippen LogP) is 3.16. The fourth-order valence-corrected chi connectivity index (χ4v) is 2.69. The van der Waals surface area contributed by atoms with Crippen molar-refractivity contribution in [1.29, 1.82) is 0 Å². The van der Waals surface area contributed by atoms with E-state index in [9.17, 15) is 19.2 Å². The second kappa shape index (κ2) is 7.87. The smallest absolute Gasteiger partial charge is 0.349 e. The van der Waals surface area contributed by atoms with Crippen molar-refractivity contribution in [1.82, 2.24) is 0 Å². The maximum absolute atomic E-state index is 12.7. The van der Waals surface area contributed by atoms with Gasteiger partial charge in [-0.25, -0.2) is 9.59 Å². The lowest BCUT2D eigenvalue weighted by Gasteiger charge is -2.19. The number of nitrogens with one attached hydrogen (secondary N) is 1. The minimum Gasteiger partial charge on any atom is -0.462 e. The van der Waals surface area contributed by atoms with E-state index >= 15 is 0 Å². The summed E-state index contributed by atoms with van der Waals surface area (Å²) in [5.41, 5.74) is 1.09. The van der Waals surface area contributed by atoms with E-state index in [-0.39, 0.29) is 34.8 Å². The van der Waals surface area contributed by atoms with Crippen LogP contribution in [0.3, 0.4) is 0 Å². The first-order valence-corrected chi connectivity index (χ1v) is 8.57. The van der Waals surface area contributed by atoms with E-state index in [1.54, 1.807) is 37.3 Å². The third kappa shape index (κ3) is 3.68. The minimum atomic E-state index is -0.846. The standard InChI is InChI=1S/C21H17NO6/c1-3-27-20(25)13-7-9-14(10-8-13)22-11-17-18(24)16-6-4-5-15(12(2)23)19(16)28-21(17)26/h4-11,22H,3H2,1-2H3. The van der Waals surface area contributed by atoms with Crippen LogP contribution in [0.15, 0.2) is 54.2 Å². The van der Waals surface area contributed by atoms with Crippen LogP contribution in [0.1, 0.15) is 44.9 Å². The summed E-state index contributed by atoms with van der Waals surface area (Å²) in [4.78, 5) is 48.2. The maximum Gasteiger partial charge on any atom is 0.349 e. The first-order valence-electron chi connectivity index (χ1n) is 8.57. The van der Waals surface area contributed by atoms with Crippen molar-refractivity contribution in [2.24, 2.45) is 0 Å². The molecule has 1 heterocycles. The Morgan fingerprint density at radius 3 is 2.46 bits per heavy atom. The Morgan fingerprint density at radius 2 is 1.82 bits per heavy atom. The van der Waals surface area contributed by atoms with Gasteiger partial charge in [0.1, 0.15) is 5.57 Å². The van der Waals surface area contributed by atoms with Crippen LogP contribution >= 0.6 is 0 Å². The fraction of sp³-hybridized carbons (Fsp3) is 0.143. The molecule has 0 fully saturated rings. The third-order valence-corrected chi connectivity index (χ3v) is 4.08. The molecule has 1 N–H and O–H groups in total. The molecular weight excluding hydrogens is 362 g/mol. The summed E-state index contributed by atoms with van der Waals surface area (Å²) >= 11 is 0. The molecule has 0 aliphatic carbocycles. The first-order chi connectivity index (χ1) is 13.4. The van der Waals surface area contributed by atoms with Crippen LogP contribution in [0.2, 0.25) is 0 Å². The van der Waals surface area contributed by atoms with E-state index < -0.39 is 17.7 Å². The number of benzene rings is 2. The molecule has 0 saturated carbocycles.